The third kappa shape index (κ3) is 3.63. The van der Waals surface area contributed by atoms with Gasteiger partial charge in [-0.1, -0.05) is 52.0 Å². The summed E-state index contributed by atoms with van der Waals surface area (Å²) in [6.07, 6.45) is 1.37. The average molecular weight is 535 g/mol. The molecule has 2 aromatic carbocycles. The van der Waals surface area contributed by atoms with Crippen LogP contribution in [-0.4, -0.2) is 51.2 Å². The Labute approximate surface area is 226 Å². The molecule has 5 rings (SSSR count). The van der Waals surface area contributed by atoms with Gasteiger partial charge in [0, 0.05) is 30.9 Å². The van der Waals surface area contributed by atoms with Crippen LogP contribution in [0, 0.1) is 23.2 Å². The number of methoxy groups -OCH3 is 1. The molecule has 3 aliphatic rings. The van der Waals surface area contributed by atoms with Crippen LogP contribution in [0.25, 0.3) is 10.8 Å². The number of benzene rings is 2. The van der Waals surface area contributed by atoms with Crippen molar-refractivity contribution < 1.29 is 23.5 Å². The van der Waals surface area contributed by atoms with Crippen molar-refractivity contribution in [3.05, 3.63) is 42.0 Å². The molecule has 3 fully saturated rings. The van der Waals surface area contributed by atoms with Gasteiger partial charge < -0.3 is 13.9 Å². The first-order valence-corrected chi connectivity index (χ1v) is 16.4. The van der Waals surface area contributed by atoms with Gasteiger partial charge in [0.25, 0.3) is 0 Å². The van der Waals surface area contributed by atoms with Gasteiger partial charge in [0.2, 0.25) is 11.8 Å². The summed E-state index contributed by atoms with van der Waals surface area (Å²) in [4.78, 5) is 29.8. The standard InChI is InChI=1S/C30H38N2O5Si/c1-8-30-23(35-5)17-29(37-30,15-16-36-38(6,7)28(2,3)4)24-25(30)27(34)32(26(24)33)22-14-13-19(18-31)20-11-9-10-12-21(20)22/h9-14,23-25H,8,15-17H2,1-7H3/t23-,24+,25-,29+,30-/m1/s1. The normalized spacial score (nSPS) is 30.8. The smallest absolute Gasteiger partial charge is 0.240 e. The topological polar surface area (TPSA) is 88.9 Å². The van der Waals surface area contributed by atoms with Crippen LogP contribution in [0.4, 0.5) is 5.69 Å². The minimum atomic E-state index is -2.01. The van der Waals surface area contributed by atoms with Crippen LogP contribution >= 0.6 is 0 Å². The maximum atomic E-state index is 14.3. The molecule has 0 aromatic heterocycles. The Balaban J connectivity index is 1.56. The minimum Gasteiger partial charge on any atom is -0.417 e. The van der Waals surface area contributed by atoms with Gasteiger partial charge in [0.1, 0.15) is 5.60 Å². The minimum absolute atomic E-state index is 0.0637. The van der Waals surface area contributed by atoms with Crippen molar-refractivity contribution in [1.82, 2.24) is 0 Å². The molecule has 7 nitrogen and oxygen atoms in total. The maximum Gasteiger partial charge on any atom is 0.240 e. The lowest BCUT2D eigenvalue weighted by Gasteiger charge is -2.38. The van der Waals surface area contributed by atoms with E-state index in [4.69, 9.17) is 13.9 Å². The Bertz CT molecular complexity index is 1340. The summed E-state index contributed by atoms with van der Waals surface area (Å²) in [7, 11) is -0.346. The van der Waals surface area contributed by atoms with E-state index in [9.17, 15) is 14.9 Å². The van der Waals surface area contributed by atoms with E-state index in [0.717, 1.165) is 5.39 Å². The first-order valence-electron chi connectivity index (χ1n) is 13.5. The maximum absolute atomic E-state index is 14.3. The van der Waals surface area contributed by atoms with Crippen molar-refractivity contribution in [2.24, 2.45) is 11.8 Å². The predicted octanol–water partition coefficient (Wildman–Crippen LogP) is 5.57. The van der Waals surface area contributed by atoms with E-state index in [-0.39, 0.29) is 23.0 Å². The molecule has 3 saturated heterocycles. The Hall–Kier alpha value is -2.57. The summed E-state index contributed by atoms with van der Waals surface area (Å²) in [5, 5.41) is 11.1. The van der Waals surface area contributed by atoms with Crippen molar-refractivity contribution in [3.63, 3.8) is 0 Å². The molecule has 3 heterocycles. The third-order valence-corrected chi connectivity index (χ3v) is 14.3. The molecule has 2 aromatic rings. The molecule has 202 valence electrons. The fourth-order valence-corrected chi connectivity index (χ4v) is 7.78. The van der Waals surface area contributed by atoms with E-state index < -0.39 is 31.4 Å². The Morgan fingerprint density at radius 1 is 1.11 bits per heavy atom. The van der Waals surface area contributed by atoms with Gasteiger partial charge in [-0.3, -0.25) is 9.59 Å². The Morgan fingerprint density at radius 3 is 2.37 bits per heavy atom. The second-order valence-electron chi connectivity index (χ2n) is 12.5. The molecule has 0 saturated carbocycles. The summed E-state index contributed by atoms with van der Waals surface area (Å²) in [5.41, 5.74) is -0.652. The molecule has 8 heteroatoms. The summed E-state index contributed by atoms with van der Waals surface area (Å²) in [6, 6.07) is 13.1. The van der Waals surface area contributed by atoms with E-state index >= 15 is 0 Å². The Morgan fingerprint density at radius 2 is 1.76 bits per heavy atom. The lowest BCUT2D eigenvalue weighted by atomic mass is 9.64. The molecule has 5 atom stereocenters. The zero-order chi connectivity index (χ0) is 27.7. The van der Waals surface area contributed by atoms with E-state index in [1.807, 2.05) is 31.2 Å². The van der Waals surface area contributed by atoms with E-state index in [1.54, 1.807) is 19.2 Å². The molecule has 38 heavy (non-hydrogen) atoms. The number of carbonyl (C=O) groups is 2. The summed E-state index contributed by atoms with van der Waals surface area (Å²) in [6.45, 7) is 13.5. The van der Waals surface area contributed by atoms with Crippen LogP contribution in [0.2, 0.25) is 18.1 Å². The first-order chi connectivity index (χ1) is 17.9. The van der Waals surface area contributed by atoms with Gasteiger partial charge in [-0.05, 0) is 43.1 Å². The van der Waals surface area contributed by atoms with Crippen LogP contribution in [0.5, 0.6) is 0 Å². The molecule has 0 radical (unpaired) electrons. The fourth-order valence-electron chi connectivity index (χ4n) is 6.74. The number of fused-ring (bicyclic) bond motifs is 6. The number of imide groups is 1. The number of nitriles is 1. The molecule has 0 N–H and O–H groups in total. The second-order valence-corrected chi connectivity index (χ2v) is 17.3. The molecular weight excluding hydrogens is 496 g/mol. The average Bonchev–Trinajstić information content (AvgIpc) is 3.46. The van der Waals surface area contributed by atoms with Crippen LogP contribution in [0.3, 0.4) is 0 Å². The third-order valence-electron chi connectivity index (χ3n) is 9.76. The zero-order valence-electron chi connectivity index (χ0n) is 23.5. The lowest BCUT2D eigenvalue weighted by molar-refractivity contribution is -0.138. The molecule has 3 aliphatic heterocycles. The molecule has 0 unspecified atom stereocenters. The lowest BCUT2D eigenvalue weighted by Crippen LogP contribution is -2.52. The SMILES string of the molecule is CC[C@@]12O[C@@](CCO[Si](C)(C)C(C)(C)C)(C[C@H]1OC)[C@@H]1C(=O)N(c3ccc(C#N)c4ccccc34)C(=O)[C@@H]12. The number of hydrogen-bond acceptors (Lipinski definition) is 6. The Kier molecular flexibility index (Phi) is 6.39. The van der Waals surface area contributed by atoms with E-state index in [0.29, 0.717) is 42.5 Å². The number of ether oxygens (including phenoxy) is 2. The van der Waals surface area contributed by atoms with E-state index in [2.05, 4.69) is 39.9 Å². The number of anilines is 1. The fraction of sp³-hybridized carbons (Fsp3) is 0.567. The van der Waals surface area contributed by atoms with Gasteiger partial charge in [-0.15, -0.1) is 0 Å². The highest BCUT2D eigenvalue weighted by molar-refractivity contribution is 6.74. The van der Waals surface area contributed by atoms with Gasteiger partial charge in [0.05, 0.1) is 40.9 Å². The van der Waals surface area contributed by atoms with Crippen molar-refractivity contribution in [3.8, 4) is 6.07 Å². The molecular formula is C30H38N2O5Si. The van der Waals surface area contributed by atoms with Crippen LogP contribution in [-0.2, 0) is 23.5 Å². The highest BCUT2D eigenvalue weighted by Gasteiger charge is 2.78. The predicted molar refractivity (Wildman–Crippen MR) is 148 cm³/mol. The number of nitrogens with zero attached hydrogens (tertiary/aromatic N) is 2. The number of carbonyl (C=O) groups excluding carboxylic acids is 2. The summed E-state index contributed by atoms with van der Waals surface area (Å²) < 4.78 is 19.3. The summed E-state index contributed by atoms with van der Waals surface area (Å²) >= 11 is 0. The molecule has 0 spiro atoms. The zero-order valence-corrected chi connectivity index (χ0v) is 24.5. The highest BCUT2D eigenvalue weighted by atomic mass is 28.4. The van der Waals surface area contributed by atoms with Crippen molar-refractivity contribution in [1.29, 1.82) is 5.26 Å². The highest BCUT2D eigenvalue weighted by Crippen LogP contribution is 2.64. The molecule has 2 amide bonds. The monoisotopic (exact) mass is 534 g/mol. The number of rotatable bonds is 7. The molecule has 0 aliphatic carbocycles. The van der Waals surface area contributed by atoms with Gasteiger partial charge >= 0.3 is 0 Å². The molecule has 2 bridgehead atoms. The van der Waals surface area contributed by atoms with Crippen molar-refractivity contribution in [2.75, 3.05) is 18.6 Å². The van der Waals surface area contributed by atoms with Gasteiger partial charge in [-0.2, -0.15) is 5.26 Å². The van der Waals surface area contributed by atoms with Crippen LogP contribution < -0.4 is 4.90 Å². The van der Waals surface area contributed by atoms with Crippen molar-refractivity contribution >= 4 is 36.6 Å². The summed E-state index contributed by atoms with van der Waals surface area (Å²) in [5.74, 6) is -1.70. The van der Waals surface area contributed by atoms with Crippen LogP contribution in [0.1, 0.15) is 52.5 Å². The second kappa shape index (κ2) is 8.99. The van der Waals surface area contributed by atoms with E-state index in [1.165, 1.54) is 4.90 Å². The number of hydrogen-bond donors (Lipinski definition) is 0. The van der Waals surface area contributed by atoms with Gasteiger partial charge in [-0.25, -0.2) is 4.90 Å². The first kappa shape index (κ1) is 27.0. The largest absolute Gasteiger partial charge is 0.417 e. The quantitative estimate of drug-likeness (QED) is 0.341. The number of amides is 2. The van der Waals surface area contributed by atoms with Crippen molar-refractivity contribution in [2.45, 2.75) is 82.4 Å². The van der Waals surface area contributed by atoms with Crippen LogP contribution in [0.15, 0.2) is 36.4 Å². The van der Waals surface area contributed by atoms with Gasteiger partial charge in [0.15, 0.2) is 8.32 Å².